The molecule has 0 amide bonds. The first-order valence-corrected chi connectivity index (χ1v) is 9.57. The Labute approximate surface area is 171 Å². The van der Waals surface area contributed by atoms with Crippen LogP contribution in [0.5, 0.6) is 5.88 Å². The van der Waals surface area contributed by atoms with E-state index in [0.29, 0.717) is 29.9 Å². The molecule has 10 heteroatoms. The molecule has 5 aromatic rings. The maximum Gasteiger partial charge on any atom is 0.241 e. The van der Waals surface area contributed by atoms with E-state index in [1.54, 1.807) is 17.8 Å². The fraction of sp³-hybridized carbons (Fsp3) is 0.300. The van der Waals surface area contributed by atoms with Crippen molar-refractivity contribution in [2.24, 2.45) is 0 Å². The van der Waals surface area contributed by atoms with Crippen LogP contribution in [0.2, 0.25) is 0 Å². The molecule has 0 aliphatic heterocycles. The van der Waals surface area contributed by atoms with Crippen molar-refractivity contribution in [1.82, 2.24) is 39.3 Å². The Hall–Kier alpha value is -3.82. The molecular formula is C20H20N8O2. The maximum atomic E-state index is 5.79. The van der Waals surface area contributed by atoms with E-state index in [-0.39, 0.29) is 5.92 Å². The molecule has 0 fully saturated rings. The van der Waals surface area contributed by atoms with E-state index in [0.717, 1.165) is 28.0 Å². The lowest BCUT2D eigenvalue weighted by Crippen LogP contribution is -2.02. The van der Waals surface area contributed by atoms with E-state index < -0.39 is 0 Å². The predicted octanol–water partition coefficient (Wildman–Crippen LogP) is 3.01. The Morgan fingerprint density at radius 1 is 1.20 bits per heavy atom. The summed E-state index contributed by atoms with van der Waals surface area (Å²) in [5.74, 6) is 2.66. The van der Waals surface area contributed by atoms with Crippen LogP contribution in [0.25, 0.3) is 27.8 Å². The Morgan fingerprint density at radius 3 is 2.83 bits per heavy atom. The number of aromatic nitrogens is 8. The quantitative estimate of drug-likeness (QED) is 0.440. The third kappa shape index (κ3) is 2.88. The van der Waals surface area contributed by atoms with Crippen molar-refractivity contribution >= 4 is 16.7 Å². The number of rotatable bonds is 5. The lowest BCUT2D eigenvalue weighted by molar-refractivity contribution is 0.399. The van der Waals surface area contributed by atoms with E-state index in [9.17, 15) is 0 Å². The molecule has 0 radical (unpaired) electrons. The molecule has 0 aliphatic carbocycles. The second-order valence-corrected chi connectivity index (χ2v) is 7.29. The number of ether oxygens (including phenoxy) is 1. The summed E-state index contributed by atoms with van der Waals surface area (Å²) in [5, 5.41) is 12.5. The van der Waals surface area contributed by atoms with Crippen LogP contribution in [-0.4, -0.2) is 46.4 Å². The second kappa shape index (κ2) is 6.90. The van der Waals surface area contributed by atoms with Crippen molar-refractivity contribution in [3.8, 4) is 17.0 Å². The van der Waals surface area contributed by atoms with Crippen molar-refractivity contribution in [2.75, 3.05) is 7.11 Å². The number of hydrogen-bond acceptors (Lipinski definition) is 8. The number of nitrogens with zero attached hydrogens (tertiary/aromatic N) is 8. The molecule has 5 aromatic heterocycles. The smallest absolute Gasteiger partial charge is 0.241 e. The van der Waals surface area contributed by atoms with E-state index >= 15 is 0 Å². The first-order valence-electron chi connectivity index (χ1n) is 9.57. The average molecular weight is 404 g/mol. The molecule has 0 saturated heterocycles. The van der Waals surface area contributed by atoms with Crippen LogP contribution in [0.3, 0.4) is 0 Å². The molecule has 0 unspecified atom stereocenters. The minimum Gasteiger partial charge on any atom is -0.479 e. The molecule has 0 N–H and O–H groups in total. The Bertz CT molecular complexity index is 1360. The zero-order valence-corrected chi connectivity index (χ0v) is 17.1. The summed E-state index contributed by atoms with van der Waals surface area (Å²) in [7, 11) is 1.59. The fourth-order valence-corrected chi connectivity index (χ4v) is 3.47. The number of aryl methyl sites for hydroxylation is 1. The number of imidazole rings is 1. The van der Waals surface area contributed by atoms with Crippen LogP contribution >= 0.6 is 0 Å². The van der Waals surface area contributed by atoms with Crippen LogP contribution < -0.4 is 4.74 Å². The molecule has 30 heavy (non-hydrogen) atoms. The minimum absolute atomic E-state index is 0.181. The van der Waals surface area contributed by atoms with Crippen molar-refractivity contribution in [2.45, 2.75) is 33.2 Å². The van der Waals surface area contributed by atoms with Gasteiger partial charge in [-0.15, -0.1) is 10.2 Å². The lowest BCUT2D eigenvalue weighted by Gasteiger charge is -2.06. The molecule has 152 valence electrons. The van der Waals surface area contributed by atoms with Gasteiger partial charge in [-0.25, -0.2) is 14.5 Å². The maximum absolute atomic E-state index is 5.79. The van der Waals surface area contributed by atoms with Gasteiger partial charge in [-0.05, 0) is 19.1 Å². The van der Waals surface area contributed by atoms with Gasteiger partial charge in [0.15, 0.2) is 5.65 Å². The summed E-state index contributed by atoms with van der Waals surface area (Å²) in [6, 6.07) is 4.01. The normalized spacial score (nSPS) is 11.8. The van der Waals surface area contributed by atoms with E-state index in [1.807, 2.05) is 43.7 Å². The molecule has 10 nitrogen and oxygen atoms in total. The summed E-state index contributed by atoms with van der Waals surface area (Å²) >= 11 is 0. The summed E-state index contributed by atoms with van der Waals surface area (Å²) in [6.45, 7) is 6.40. The highest BCUT2D eigenvalue weighted by atomic mass is 16.5. The Morgan fingerprint density at radius 2 is 2.07 bits per heavy atom. The van der Waals surface area contributed by atoms with Gasteiger partial charge in [0, 0.05) is 29.4 Å². The first-order chi connectivity index (χ1) is 14.5. The number of hydrogen-bond donors (Lipinski definition) is 0. The largest absolute Gasteiger partial charge is 0.479 e. The number of pyridine rings is 1. The van der Waals surface area contributed by atoms with E-state index in [2.05, 4.69) is 30.2 Å². The number of fused-ring (bicyclic) bond motifs is 2. The highest BCUT2D eigenvalue weighted by molar-refractivity contribution is 5.87. The summed E-state index contributed by atoms with van der Waals surface area (Å²) in [6.07, 6.45) is 5.13. The van der Waals surface area contributed by atoms with Gasteiger partial charge < -0.3 is 13.7 Å². The van der Waals surface area contributed by atoms with Crippen LogP contribution in [0.4, 0.5) is 0 Å². The molecule has 0 aliphatic rings. The first kappa shape index (κ1) is 18.2. The van der Waals surface area contributed by atoms with Gasteiger partial charge in [0.05, 0.1) is 12.6 Å². The summed E-state index contributed by atoms with van der Waals surface area (Å²) < 4.78 is 15.0. The van der Waals surface area contributed by atoms with Crippen LogP contribution in [-0.2, 0) is 6.54 Å². The zero-order valence-electron chi connectivity index (χ0n) is 17.1. The molecule has 0 aromatic carbocycles. The molecule has 0 atom stereocenters. The molecule has 0 spiro atoms. The van der Waals surface area contributed by atoms with Gasteiger partial charge in [-0.3, -0.25) is 0 Å². The summed E-state index contributed by atoms with van der Waals surface area (Å²) in [5.41, 5.74) is 4.15. The Balaban J connectivity index is 1.62. The van der Waals surface area contributed by atoms with Crippen LogP contribution in [0.1, 0.15) is 37.4 Å². The van der Waals surface area contributed by atoms with Crippen molar-refractivity contribution in [1.29, 1.82) is 0 Å². The average Bonchev–Trinajstić information content (AvgIpc) is 3.45. The highest BCUT2D eigenvalue weighted by Crippen LogP contribution is 2.31. The molecule has 5 heterocycles. The van der Waals surface area contributed by atoms with Gasteiger partial charge >= 0.3 is 0 Å². The zero-order chi connectivity index (χ0) is 20.8. The molecular weight excluding hydrogens is 384 g/mol. The van der Waals surface area contributed by atoms with Crippen LogP contribution in [0, 0.1) is 6.92 Å². The highest BCUT2D eigenvalue weighted by Gasteiger charge is 2.17. The van der Waals surface area contributed by atoms with Crippen LogP contribution in [0.15, 0.2) is 35.3 Å². The summed E-state index contributed by atoms with van der Waals surface area (Å²) in [4.78, 5) is 13.4. The van der Waals surface area contributed by atoms with E-state index in [1.165, 1.54) is 6.33 Å². The monoisotopic (exact) mass is 404 g/mol. The number of methoxy groups -OCH3 is 1. The van der Waals surface area contributed by atoms with Gasteiger partial charge in [-0.2, -0.15) is 10.1 Å². The third-order valence-corrected chi connectivity index (χ3v) is 4.99. The fourth-order valence-electron chi connectivity index (χ4n) is 3.47. The van der Waals surface area contributed by atoms with Gasteiger partial charge in [0.1, 0.15) is 24.2 Å². The predicted molar refractivity (Wildman–Crippen MR) is 108 cm³/mol. The standard InChI is InChI=1S/C20H20N8O2/c1-11(2)19-26-25-16(30-19)9-27-12(3)24-18-15(27)7-13(8-21-18)14-5-6-28-17(14)20(29-4)22-10-23-28/h5-8,10-11H,9H2,1-4H3. The molecule has 0 saturated carbocycles. The SMILES string of the molecule is COc1ncnn2ccc(-c3cnc4nc(C)n(Cc5nnc(C(C)C)o5)c4c3)c12. The second-order valence-electron chi connectivity index (χ2n) is 7.29. The Kier molecular flexibility index (Phi) is 4.19. The van der Waals surface area contributed by atoms with Crippen molar-refractivity contribution in [3.05, 3.63) is 48.5 Å². The lowest BCUT2D eigenvalue weighted by atomic mass is 10.1. The van der Waals surface area contributed by atoms with Gasteiger partial charge in [0.2, 0.25) is 17.7 Å². The molecule has 0 bridgehead atoms. The topological polar surface area (TPSA) is 109 Å². The third-order valence-electron chi connectivity index (χ3n) is 4.99. The molecule has 5 rings (SSSR count). The van der Waals surface area contributed by atoms with E-state index in [4.69, 9.17) is 9.15 Å². The van der Waals surface area contributed by atoms with Gasteiger partial charge in [0.25, 0.3) is 0 Å². The van der Waals surface area contributed by atoms with Gasteiger partial charge in [-0.1, -0.05) is 13.8 Å². The minimum atomic E-state index is 0.181. The van der Waals surface area contributed by atoms with Crippen molar-refractivity contribution in [3.63, 3.8) is 0 Å². The van der Waals surface area contributed by atoms with Crippen molar-refractivity contribution < 1.29 is 9.15 Å².